The van der Waals surface area contributed by atoms with E-state index in [-0.39, 0.29) is 11.9 Å². The molecule has 1 unspecified atom stereocenters. The molecule has 0 N–H and O–H groups in total. The van der Waals surface area contributed by atoms with Crippen LogP contribution in [0.1, 0.15) is 0 Å². The van der Waals surface area contributed by atoms with Crippen molar-refractivity contribution in [2.45, 2.75) is 6.04 Å². The third-order valence-corrected chi connectivity index (χ3v) is 3.00. The Hall–Kier alpha value is -0.610. The van der Waals surface area contributed by atoms with Crippen LogP contribution in [-0.2, 0) is 4.79 Å². The van der Waals surface area contributed by atoms with Gasteiger partial charge in [0.1, 0.15) is 6.04 Å². The van der Waals surface area contributed by atoms with Gasteiger partial charge in [-0.3, -0.25) is 14.6 Å². The molecule has 1 atom stereocenters. The summed E-state index contributed by atoms with van der Waals surface area (Å²) in [4.78, 5) is 18.1. The molecule has 0 radical (unpaired) electrons. The number of piperazine rings is 3. The number of carbonyl (C=O) groups is 1. The molecule has 1 amide bonds. The fraction of sp³-hybridized carbons (Fsp3) is 0.889. The Bertz CT molecular complexity index is 209. The second-order valence-corrected chi connectivity index (χ2v) is 4.09. The van der Waals surface area contributed by atoms with Gasteiger partial charge in [-0.1, -0.05) is 0 Å². The van der Waals surface area contributed by atoms with E-state index in [9.17, 15) is 4.79 Å². The Labute approximate surface area is 79.1 Å². The average Bonchev–Trinajstić information content (AvgIpc) is 2.18. The molecule has 0 aliphatic carbocycles. The summed E-state index contributed by atoms with van der Waals surface area (Å²) in [7, 11) is 3.67. The number of carbonyl (C=O) groups excluding carboxylic acids is 1. The number of nitrogens with zero attached hydrogens (tertiary/aromatic N) is 3. The highest BCUT2D eigenvalue weighted by molar-refractivity contribution is 5.81. The van der Waals surface area contributed by atoms with Crippen LogP contribution in [0.4, 0.5) is 0 Å². The molecule has 0 aromatic rings. The Kier molecular flexibility index (Phi) is 2.26. The predicted octanol–water partition coefficient (Wildman–Crippen LogP) is -0.926. The maximum atomic E-state index is 11.7. The summed E-state index contributed by atoms with van der Waals surface area (Å²) in [6, 6.07) is 0.123. The summed E-state index contributed by atoms with van der Waals surface area (Å²) in [5, 5.41) is 0. The van der Waals surface area contributed by atoms with Crippen LogP contribution in [0.3, 0.4) is 0 Å². The number of rotatable bonds is 1. The van der Waals surface area contributed by atoms with E-state index in [1.165, 1.54) is 0 Å². The van der Waals surface area contributed by atoms with Crippen molar-refractivity contribution in [3.63, 3.8) is 0 Å². The summed E-state index contributed by atoms with van der Waals surface area (Å²) in [5.41, 5.74) is 0. The lowest BCUT2D eigenvalue weighted by Crippen LogP contribution is -2.64. The summed E-state index contributed by atoms with van der Waals surface area (Å²) in [6.45, 7) is 5.32. The van der Waals surface area contributed by atoms with Gasteiger partial charge in [-0.15, -0.1) is 0 Å². The van der Waals surface area contributed by atoms with Gasteiger partial charge < -0.3 is 4.90 Å². The number of hydrogen-bond acceptors (Lipinski definition) is 3. The molecular formula is C9H17N3O. The van der Waals surface area contributed by atoms with Gasteiger partial charge in [-0.25, -0.2) is 0 Å². The summed E-state index contributed by atoms with van der Waals surface area (Å²) in [5.74, 6) is 0.254. The maximum Gasteiger partial charge on any atom is 0.240 e. The Balaban J connectivity index is 2.04. The minimum absolute atomic E-state index is 0.123. The SMILES string of the molecule is CN(C)C(=O)C1CN2CCN1CC2. The van der Waals surface area contributed by atoms with E-state index in [2.05, 4.69) is 9.80 Å². The van der Waals surface area contributed by atoms with Crippen LogP contribution in [0.5, 0.6) is 0 Å². The van der Waals surface area contributed by atoms with E-state index in [0.29, 0.717) is 0 Å². The normalized spacial score (nSPS) is 37.5. The fourth-order valence-corrected chi connectivity index (χ4v) is 2.15. The monoisotopic (exact) mass is 183 g/mol. The minimum atomic E-state index is 0.123. The first-order chi connectivity index (χ1) is 6.18. The lowest BCUT2D eigenvalue weighted by molar-refractivity contribution is -0.139. The van der Waals surface area contributed by atoms with Crippen LogP contribution in [-0.4, -0.2) is 73.5 Å². The van der Waals surface area contributed by atoms with Crippen LogP contribution < -0.4 is 0 Å². The van der Waals surface area contributed by atoms with Crippen LogP contribution in [0, 0.1) is 0 Å². The standard InChI is InChI=1S/C9H17N3O/c1-10(2)9(13)8-7-11-3-5-12(8)6-4-11/h8H,3-7H2,1-2H3. The molecule has 3 aliphatic heterocycles. The average molecular weight is 183 g/mol. The quantitative estimate of drug-likeness (QED) is 0.526. The molecule has 3 saturated heterocycles. The maximum absolute atomic E-state index is 11.7. The third kappa shape index (κ3) is 1.56. The molecule has 0 spiro atoms. The molecule has 2 bridgehead atoms. The van der Waals surface area contributed by atoms with Gasteiger partial charge in [-0.2, -0.15) is 0 Å². The van der Waals surface area contributed by atoms with Gasteiger partial charge in [0.25, 0.3) is 0 Å². The lowest BCUT2D eigenvalue weighted by atomic mass is 10.1. The van der Waals surface area contributed by atoms with Crippen LogP contribution >= 0.6 is 0 Å². The molecular weight excluding hydrogens is 166 g/mol. The summed E-state index contributed by atoms with van der Waals surface area (Å²) in [6.07, 6.45) is 0. The number of fused-ring (bicyclic) bond motifs is 3. The van der Waals surface area contributed by atoms with Gasteiger partial charge in [0.15, 0.2) is 0 Å². The third-order valence-electron chi connectivity index (χ3n) is 3.00. The van der Waals surface area contributed by atoms with Crippen molar-refractivity contribution < 1.29 is 4.79 Å². The molecule has 4 nitrogen and oxygen atoms in total. The molecule has 4 heteroatoms. The second-order valence-electron chi connectivity index (χ2n) is 4.09. The molecule has 0 aromatic carbocycles. The lowest BCUT2D eigenvalue weighted by Gasteiger charge is -2.47. The van der Waals surface area contributed by atoms with Gasteiger partial charge >= 0.3 is 0 Å². The fourth-order valence-electron chi connectivity index (χ4n) is 2.15. The Morgan fingerprint density at radius 2 is 1.85 bits per heavy atom. The van der Waals surface area contributed by atoms with E-state index >= 15 is 0 Å². The van der Waals surface area contributed by atoms with Crippen molar-refractivity contribution in [2.75, 3.05) is 46.8 Å². The molecule has 0 aromatic heterocycles. The zero-order chi connectivity index (χ0) is 9.42. The molecule has 3 fully saturated rings. The number of likely N-dealkylation sites (N-methyl/N-ethyl adjacent to an activating group) is 1. The Morgan fingerprint density at radius 1 is 1.23 bits per heavy atom. The Morgan fingerprint density at radius 3 is 2.23 bits per heavy atom. The zero-order valence-corrected chi connectivity index (χ0v) is 8.36. The first-order valence-corrected chi connectivity index (χ1v) is 4.86. The van der Waals surface area contributed by atoms with Gasteiger partial charge in [0.05, 0.1) is 0 Å². The van der Waals surface area contributed by atoms with E-state index in [4.69, 9.17) is 0 Å². The molecule has 3 rings (SSSR count). The zero-order valence-electron chi connectivity index (χ0n) is 8.36. The van der Waals surface area contributed by atoms with Gasteiger partial charge in [0.2, 0.25) is 5.91 Å². The van der Waals surface area contributed by atoms with Crippen molar-refractivity contribution in [1.29, 1.82) is 0 Å². The van der Waals surface area contributed by atoms with E-state index in [1.807, 2.05) is 14.1 Å². The number of amides is 1. The van der Waals surface area contributed by atoms with Gasteiger partial charge in [-0.05, 0) is 0 Å². The van der Waals surface area contributed by atoms with E-state index in [1.54, 1.807) is 4.90 Å². The highest BCUT2D eigenvalue weighted by Gasteiger charge is 2.36. The molecule has 0 saturated carbocycles. The smallest absolute Gasteiger partial charge is 0.240 e. The van der Waals surface area contributed by atoms with Crippen molar-refractivity contribution in [3.05, 3.63) is 0 Å². The minimum Gasteiger partial charge on any atom is -0.347 e. The predicted molar refractivity (Wildman–Crippen MR) is 50.5 cm³/mol. The van der Waals surface area contributed by atoms with Crippen LogP contribution in [0.25, 0.3) is 0 Å². The van der Waals surface area contributed by atoms with E-state index in [0.717, 1.165) is 32.7 Å². The highest BCUT2D eigenvalue weighted by Crippen LogP contribution is 2.16. The van der Waals surface area contributed by atoms with E-state index < -0.39 is 0 Å². The second kappa shape index (κ2) is 3.27. The van der Waals surface area contributed by atoms with Gasteiger partial charge in [0, 0.05) is 46.8 Å². The number of hydrogen-bond donors (Lipinski definition) is 0. The largest absolute Gasteiger partial charge is 0.347 e. The van der Waals surface area contributed by atoms with Crippen LogP contribution in [0.2, 0.25) is 0 Å². The van der Waals surface area contributed by atoms with Crippen molar-refractivity contribution in [1.82, 2.24) is 14.7 Å². The molecule has 3 aliphatic rings. The van der Waals surface area contributed by atoms with Crippen molar-refractivity contribution in [3.8, 4) is 0 Å². The molecule has 3 heterocycles. The summed E-state index contributed by atoms with van der Waals surface area (Å²) >= 11 is 0. The first-order valence-electron chi connectivity index (χ1n) is 4.86. The molecule has 74 valence electrons. The topological polar surface area (TPSA) is 26.8 Å². The van der Waals surface area contributed by atoms with Crippen molar-refractivity contribution in [2.24, 2.45) is 0 Å². The highest BCUT2D eigenvalue weighted by atomic mass is 16.2. The first kappa shape index (κ1) is 8.97. The summed E-state index contributed by atoms with van der Waals surface area (Å²) < 4.78 is 0. The van der Waals surface area contributed by atoms with Crippen LogP contribution in [0.15, 0.2) is 0 Å². The molecule has 13 heavy (non-hydrogen) atoms. The van der Waals surface area contributed by atoms with Crippen molar-refractivity contribution >= 4 is 5.91 Å².